The molecule has 0 unspecified atom stereocenters. The fourth-order valence-electron chi connectivity index (χ4n) is 2.59. The average molecular weight is 303 g/mol. The highest BCUT2D eigenvalue weighted by Crippen LogP contribution is 2.26. The van der Waals surface area contributed by atoms with Crippen molar-refractivity contribution in [2.75, 3.05) is 5.88 Å². The molecular weight excluding hydrogens is 287 g/mol. The number of benzene rings is 2. The van der Waals surface area contributed by atoms with Gasteiger partial charge in [-0.05, 0) is 37.1 Å². The Kier molecular flexibility index (Phi) is 3.68. The summed E-state index contributed by atoms with van der Waals surface area (Å²) in [5, 5.41) is 0. The molecule has 1 aromatic heterocycles. The number of halogens is 2. The van der Waals surface area contributed by atoms with Crippen molar-refractivity contribution in [2.24, 2.45) is 0 Å². The van der Waals surface area contributed by atoms with E-state index in [9.17, 15) is 4.39 Å². The molecule has 0 spiro atoms. The van der Waals surface area contributed by atoms with Gasteiger partial charge in [0.2, 0.25) is 0 Å². The number of imidazole rings is 1. The number of hydrogen-bond donors (Lipinski definition) is 0. The monoisotopic (exact) mass is 302 g/mol. The molecule has 0 atom stereocenters. The topological polar surface area (TPSA) is 17.8 Å². The molecule has 108 valence electrons. The first-order valence-corrected chi connectivity index (χ1v) is 7.44. The fourth-order valence-corrected chi connectivity index (χ4v) is 2.76. The lowest BCUT2D eigenvalue weighted by Gasteiger charge is -2.11. The van der Waals surface area contributed by atoms with Gasteiger partial charge >= 0.3 is 0 Å². The van der Waals surface area contributed by atoms with Crippen LogP contribution in [0.3, 0.4) is 0 Å². The molecule has 0 aliphatic rings. The third kappa shape index (κ3) is 2.42. The summed E-state index contributed by atoms with van der Waals surface area (Å²) in [6.07, 6.45) is 0.644. The molecule has 0 radical (unpaired) electrons. The molecule has 3 rings (SSSR count). The number of para-hydroxylation sites is 1. The minimum absolute atomic E-state index is 0.227. The minimum Gasteiger partial charge on any atom is -0.296 e. The van der Waals surface area contributed by atoms with Gasteiger partial charge in [0.1, 0.15) is 11.6 Å². The standard InChI is InChI=1S/C17H16ClFN2/c1-11-5-3-4-6-15(11)21-16-9-12(2)13(19)10-14(16)20-17(21)7-8-18/h3-6,9-10H,7-8H2,1-2H3. The average Bonchev–Trinajstić information content (AvgIpc) is 2.78. The van der Waals surface area contributed by atoms with Crippen LogP contribution < -0.4 is 0 Å². The molecule has 0 fully saturated rings. The maximum Gasteiger partial charge on any atom is 0.128 e. The quantitative estimate of drug-likeness (QED) is 0.648. The van der Waals surface area contributed by atoms with E-state index < -0.39 is 0 Å². The van der Waals surface area contributed by atoms with Crippen LogP contribution in [0.25, 0.3) is 16.7 Å². The summed E-state index contributed by atoms with van der Waals surface area (Å²) in [5.74, 6) is 1.12. The molecule has 0 saturated heterocycles. The Hall–Kier alpha value is -1.87. The zero-order valence-corrected chi connectivity index (χ0v) is 12.8. The number of alkyl halides is 1. The van der Waals surface area contributed by atoms with Crippen LogP contribution in [0.15, 0.2) is 36.4 Å². The van der Waals surface area contributed by atoms with Crippen LogP contribution in [0, 0.1) is 19.7 Å². The third-order valence-corrected chi connectivity index (χ3v) is 3.87. The summed E-state index contributed by atoms with van der Waals surface area (Å²) < 4.78 is 15.9. The van der Waals surface area contributed by atoms with E-state index in [4.69, 9.17) is 11.6 Å². The second-order valence-electron chi connectivity index (χ2n) is 5.18. The highest BCUT2D eigenvalue weighted by atomic mass is 35.5. The SMILES string of the molecule is Cc1cc2c(cc1F)nc(CCCl)n2-c1ccccc1C. The Balaban J connectivity index is 2.35. The Bertz CT molecular complexity index is 808. The lowest BCUT2D eigenvalue weighted by Crippen LogP contribution is -2.04. The van der Waals surface area contributed by atoms with Gasteiger partial charge in [0, 0.05) is 18.4 Å². The largest absolute Gasteiger partial charge is 0.296 e. The van der Waals surface area contributed by atoms with Gasteiger partial charge in [0.05, 0.1) is 16.7 Å². The van der Waals surface area contributed by atoms with Crippen LogP contribution in [0.4, 0.5) is 4.39 Å². The van der Waals surface area contributed by atoms with Crippen LogP contribution >= 0.6 is 11.6 Å². The second-order valence-corrected chi connectivity index (χ2v) is 5.56. The molecule has 0 aliphatic carbocycles. The van der Waals surface area contributed by atoms with Gasteiger partial charge in [-0.15, -0.1) is 11.6 Å². The molecule has 0 saturated carbocycles. The van der Waals surface area contributed by atoms with Gasteiger partial charge in [-0.2, -0.15) is 0 Å². The predicted octanol–water partition coefficient (Wildman–Crippen LogP) is 4.56. The highest BCUT2D eigenvalue weighted by molar-refractivity contribution is 6.17. The van der Waals surface area contributed by atoms with Crippen molar-refractivity contribution in [3.05, 3.63) is 59.2 Å². The smallest absolute Gasteiger partial charge is 0.128 e. The van der Waals surface area contributed by atoms with E-state index in [1.807, 2.05) is 24.3 Å². The summed E-state index contributed by atoms with van der Waals surface area (Å²) in [4.78, 5) is 4.56. The molecule has 0 amide bonds. The molecule has 3 aromatic rings. The summed E-state index contributed by atoms with van der Waals surface area (Å²) >= 11 is 5.90. The first-order valence-electron chi connectivity index (χ1n) is 6.91. The van der Waals surface area contributed by atoms with E-state index in [0.717, 1.165) is 22.6 Å². The van der Waals surface area contributed by atoms with Crippen molar-refractivity contribution in [3.8, 4) is 5.69 Å². The lowest BCUT2D eigenvalue weighted by atomic mass is 10.1. The molecule has 21 heavy (non-hydrogen) atoms. The summed E-state index contributed by atoms with van der Waals surface area (Å²) in [6, 6.07) is 11.5. The van der Waals surface area contributed by atoms with Crippen LogP contribution in [0.2, 0.25) is 0 Å². The number of aryl methyl sites for hydroxylation is 3. The molecule has 0 bridgehead atoms. The number of aromatic nitrogens is 2. The third-order valence-electron chi connectivity index (χ3n) is 3.68. The fraction of sp³-hybridized carbons (Fsp3) is 0.235. The van der Waals surface area contributed by atoms with Crippen molar-refractivity contribution in [1.29, 1.82) is 0 Å². The summed E-state index contributed by atoms with van der Waals surface area (Å²) in [5.41, 5.74) is 4.42. The molecule has 0 N–H and O–H groups in total. The van der Waals surface area contributed by atoms with Gasteiger partial charge in [-0.25, -0.2) is 9.37 Å². The Labute approximate surface area is 128 Å². The van der Waals surface area contributed by atoms with Crippen LogP contribution in [0.5, 0.6) is 0 Å². The van der Waals surface area contributed by atoms with Crippen molar-refractivity contribution in [3.63, 3.8) is 0 Å². The van der Waals surface area contributed by atoms with E-state index in [-0.39, 0.29) is 5.82 Å². The Morgan fingerprint density at radius 1 is 1.14 bits per heavy atom. The summed E-state index contributed by atoms with van der Waals surface area (Å²) in [7, 11) is 0. The van der Waals surface area contributed by atoms with Crippen molar-refractivity contribution in [1.82, 2.24) is 9.55 Å². The second kappa shape index (κ2) is 5.49. The normalized spacial score (nSPS) is 11.2. The van der Waals surface area contributed by atoms with Crippen LogP contribution in [0.1, 0.15) is 17.0 Å². The zero-order chi connectivity index (χ0) is 15.0. The molecule has 1 heterocycles. The minimum atomic E-state index is -0.227. The van der Waals surface area contributed by atoms with Crippen LogP contribution in [-0.4, -0.2) is 15.4 Å². The molecule has 2 nitrogen and oxygen atoms in total. The Morgan fingerprint density at radius 2 is 1.90 bits per heavy atom. The number of rotatable bonds is 3. The Morgan fingerprint density at radius 3 is 2.62 bits per heavy atom. The van der Waals surface area contributed by atoms with Gasteiger partial charge in [-0.1, -0.05) is 18.2 Å². The van der Waals surface area contributed by atoms with E-state index >= 15 is 0 Å². The van der Waals surface area contributed by atoms with Crippen molar-refractivity contribution < 1.29 is 4.39 Å². The van der Waals surface area contributed by atoms with Gasteiger partial charge < -0.3 is 0 Å². The maximum atomic E-state index is 13.8. The highest BCUT2D eigenvalue weighted by Gasteiger charge is 2.15. The molecule has 0 aliphatic heterocycles. The van der Waals surface area contributed by atoms with E-state index in [1.165, 1.54) is 6.07 Å². The molecular formula is C17H16ClFN2. The molecule has 4 heteroatoms. The number of hydrogen-bond acceptors (Lipinski definition) is 1. The summed E-state index contributed by atoms with van der Waals surface area (Å²) in [6.45, 7) is 3.83. The maximum absolute atomic E-state index is 13.8. The van der Waals surface area contributed by atoms with Gasteiger partial charge in [0.15, 0.2) is 0 Å². The van der Waals surface area contributed by atoms with Crippen LogP contribution in [-0.2, 0) is 6.42 Å². The first kappa shape index (κ1) is 14.1. The van der Waals surface area contributed by atoms with Crippen molar-refractivity contribution in [2.45, 2.75) is 20.3 Å². The first-order chi connectivity index (χ1) is 10.1. The number of nitrogens with zero attached hydrogens (tertiary/aromatic N) is 2. The number of fused-ring (bicyclic) bond motifs is 1. The van der Waals surface area contributed by atoms with Crippen molar-refractivity contribution >= 4 is 22.6 Å². The van der Waals surface area contributed by atoms with E-state index in [0.29, 0.717) is 23.4 Å². The predicted molar refractivity (Wildman–Crippen MR) is 84.9 cm³/mol. The molecule has 2 aromatic carbocycles. The lowest BCUT2D eigenvalue weighted by molar-refractivity contribution is 0.620. The van der Waals surface area contributed by atoms with E-state index in [1.54, 1.807) is 6.92 Å². The zero-order valence-electron chi connectivity index (χ0n) is 12.0. The van der Waals surface area contributed by atoms with Gasteiger partial charge in [-0.3, -0.25) is 4.57 Å². The van der Waals surface area contributed by atoms with E-state index in [2.05, 4.69) is 22.5 Å². The van der Waals surface area contributed by atoms with Gasteiger partial charge in [0.25, 0.3) is 0 Å².